The number of nitrogens with one attached hydrogen (secondary N) is 2. The predicted octanol–water partition coefficient (Wildman–Crippen LogP) is 2.93. The first-order valence-corrected chi connectivity index (χ1v) is 8.71. The van der Waals surface area contributed by atoms with Crippen molar-refractivity contribution in [3.63, 3.8) is 0 Å². The summed E-state index contributed by atoms with van der Waals surface area (Å²) in [5, 5.41) is 6.99. The second-order valence-corrected chi connectivity index (χ2v) is 6.68. The highest BCUT2D eigenvalue weighted by Crippen LogP contribution is 2.25. The van der Waals surface area contributed by atoms with Crippen LogP contribution in [0.2, 0.25) is 0 Å². The van der Waals surface area contributed by atoms with E-state index in [4.69, 9.17) is 0 Å². The average Bonchev–Trinajstić information content (AvgIpc) is 3.21. The van der Waals surface area contributed by atoms with E-state index in [1.54, 1.807) is 23.0 Å². The van der Waals surface area contributed by atoms with Gasteiger partial charge in [0.05, 0.1) is 11.9 Å². The van der Waals surface area contributed by atoms with Crippen LogP contribution in [0.1, 0.15) is 42.3 Å². The van der Waals surface area contributed by atoms with Crippen LogP contribution in [-0.4, -0.2) is 21.5 Å². The maximum atomic E-state index is 12.3. The molecule has 2 aromatic rings. The lowest BCUT2D eigenvalue weighted by atomic mass is 10.3. The van der Waals surface area contributed by atoms with Crippen LogP contribution in [0.5, 0.6) is 0 Å². The van der Waals surface area contributed by atoms with Gasteiger partial charge in [-0.25, -0.2) is 4.98 Å². The highest BCUT2D eigenvalue weighted by Gasteiger charge is 2.17. The van der Waals surface area contributed by atoms with Crippen LogP contribution in [0.25, 0.3) is 0 Å². The lowest BCUT2D eigenvalue weighted by Crippen LogP contribution is -2.19. The Hall–Kier alpha value is -2.15. The van der Waals surface area contributed by atoms with Crippen molar-refractivity contribution in [2.45, 2.75) is 45.2 Å². The molecule has 6 nitrogen and oxygen atoms in total. The van der Waals surface area contributed by atoms with Crippen molar-refractivity contribution in [3.8, 4) is 0 Å². The van der Waals surface area contributed by atoms with E-state index in [0.29, 0.717) is 23.2 Å². The molecule has 1 aliphatic rings. The predicted molar refractivity (Wildman–Crippen MR) is 92.3 cm³/mol. The quantitative estimate of drug-likeness (QED) is 0.883. The number of hydrogen-bond acceptors (Lipinski definition) is 5. The van der Waals surface area contributed by atoms with Gasteiger partial charge in [0.1, 0.15) is 4.88 Å². The van der Waals surface area contributed by atoms with E-state index in [1.807, 2.05) is 6.92 Å². The van der Waals surface area contributed by atoms with Gasteiger partial charge in [0.25, 0.3) is 11.5 Å². The van der Waals surface area contributed by atoms with E-state index < -0.39 is 0 Å². The lowest BCUT2D eigenvalue weighted by Gasteiger charge is -2.09. The molecule has 3 rings (SSSR count). The highest BCUT2D eigenvalue weighted by atomic mass is 32.1. The summed E-state index contributed by atoms with van der Waals surface area (Å²) in [6, 6.07) is 3.55. The summed E-state index contributed by atoms with van der Waals surface area (Å²) in [6.07, 6.45) is 8.08. The number of carbonyl (C=O) groups is 1. The van der Waals surface area contributed by atoms with Crippen molar-refractivity contribution >= 4 is 28.1 Å². The zero-order valence-corrected chi connectivity index (χ0v) is 13.9. The third-order valence-corrected chi connectivity index (χ3v) is 4.92. The number of hydrogen-bond donors (Lipinski definition) is 2. The van der Waals surface area contributed by atoms with Gasteiger partial charge in [-0.2, -0.15) is 0 Å². The summed E-state index contributed by atoms with van der Waals surface area (Å²) < 4.78 is 1.55. The van der Waals surface area contributed by atoms with E-state index in [1.165, 1.54) is 43.1 Å². The van der Waals surface area contributed by atoms with Gasteiger partial charge in [-0.1, -0.05) is 24.2 Å². The Balaban J connectivity index is 1.66. The van der Waals surface area contributed by atoms with Gasteiger partial charge in [0, 0.05) is 24.8 Å². The topological polar surface area (TPSA) is 76.0 Å². The van der Waals surface area contributed by atoms with Gasteiger partial charge in [0.2, 0.25) is 0 Å². The molecular formula is C16H20N4O2S. The maximum absolute atomic E-state index is 12.3. The van der Waals surface area contributed by atoms with E-state index in [2.05, 4.69) is 15.6 Å². The Labute approximate surface area is 138 Å². The van der Waals surface area contributed by atoms with Crippen LogP contribution in [0.3, 0.4) is 0 Å². The van der Waals surface area contributed by atoms with Crippen molar-refractivity contribution in [2.24, 2.45) is 0 Å². The smallest absolute Gasteiger partial charge is 0.267 e. The van der Waals surface area contributed by atoms with E-state index >= 15 is 0 Å². The molecule has 0 aliphatic heterocycles. The Kier molecular flexibility index (Phi) is 4.76. The Morgan fingerprint density at radius 2 is 2.17 bits per heavy atom. The molecule has 1 saturated carbocycles. The van der Waals surface area contributed by atoms with Crippen molar-refractivity contribution < 1.29 is 4.79 Å². The standard InChI is InChI=1S/C16H20N4O2S/c1-2-20-10-12(7-8-14(20)21)18-15(22)13-9-17-16(23-13)19-11-5-3-4-6-11/h7-11H,2-6H2,1H3,(H,17,19)(H,18,22). The number of amides is 1. The molecule has 7 heteroatoms. The minimum atomic E-state index is -0.205. The molecule has 2 heterocycles. The normalized spacial score (nSPS) is 14.8. The second kappa shape index (κ2) is 6.95. The van der Waals surface area contributed by atoms with Crippen LogP contribution in [0.4, 0.5) is 10.8 Å². The minimum Gasteiger partial charge on any atom is -0.359 e. The maximum Gasteiger partial charge on any atom is 0.267 e. The third kappa shape index (κ3) is 3.79. The fourth-order valence-electron chi connectivity index (χ4n) is 2.74. The number of pyridine rings is 1. The molecule has 0 aromatic carbocycles. The van der Waals surface area contributed by atoms with Crippen LogP contribution < -0.4 is 16.2 Å². The summed E-state index contributed by atoms with van der Waals surface area (Å²) in [6.45, 7) is 2.45. The molecule has 1 fully saturated rings. The summed E-state index contributed by atoms with van der Waals surface area (Å²) >= 11 is 1.36. The van der Waals surface area contributed by atoms with Crippen molar-refractivity contribution in [2.75, 3.05) is 10.6 Å². The first kappa shape index (κ1) is 15.7. The lowest BCUT2D eigenvalue weighted by molar-refractivity contribution is 0.103. The zero-order valence-electron chi connectivity index (χ0n) is 13.0. The third-order valence-electron chi connectivity index (χ3n) is 3.99. The summed E-state index contributed by atoms with van der Waals surface area (Å²) in [7, 11) is 0. The number of anilines is 2. The van der Waals surface area contributed by atoms with Gasteiger partial charge < -0.3 is 15.2 Å². The molecule has 0 bridgehead atoms. The number of aryl methyl sites for hydroxylation is 1. The molecule has 2 N–H and O–H groups in total. The number of nitrogens with zero attached hydrogens (tertiary/aromatic N) is 2. The van der Waals surface area contributed by atoms with Crippen molar-refractivity contribution in [1.82, 2.24) is 9.55 Å². The molecule has 0 atom stereocenters. The molecule has 1 aliphatic carbocycles. The van der Waals surface area contributed by atoms with E-state index in [-0.39, 0.29) is 11.5 Å². The van der Waals surface area contributed by atoms with Crippen LogP contribution >= 0.6 is 11.3 Å². The molecule has 1 amide bonds. The highest BCUT2D eigenvalue weighted by molar-refractivity contribution is 7.17. The SMILES string of the molecule is CCn1cc(NC(=O)c2cnc(NC3CCCC3)s2)ccc1=O. The van der Waals surface area contributed by atoms with Gasteiger partial charge in [-0.15, -0.1) is 0 Å². The van der Waals surface area contributed by atoms with E-state index in [0.717, 1.165) is 5.13 Å². The number of carbonyl (C=O) groups excluding carboxylic acids is 1. The Bertz CT molecular complexity index is 747. The Morgan fingerprint density at radius 3 is 2.91 bits per heavy atom. The summed E-state index contributed by atoms with van der Waals surface area (Å²) in [5.74, 6) is -0.205. The Morgan fingerprint density at radius 1 is 1.39 bits per heavy atom. The molecule has 122 valence electrons. The van der Waals surface area contributed by atoms with Gasteiger partial charge in [0.15, 0.2) is 5.13 Å². The fourth-order valence-corrected chi connectivity index (χ4v) is 3.52. The molecular weight excluding hydrogens is 312 g/mol. The monoisotopic (exact) mass is 332 g/mol. The van der Waals surface area contributed by atoms with Gasteiger partial charge >= 0.3 is 0 Å². The van der Waals surface area contributed by atoms with Crippen LogP contribution in [0.15, 0.2) is 29.3 Å². The first-order valence-electron chi connectivity index (χ1n) is 7.90. The van der Waals surface area contributed by atoms with Crippen molar-refractivity contribution in [3.05, 3.63) is 39.8 Å². The second-order valence-electron chi connectivity index (χ2n) is 5.65. The summed E-state index contributed by atoms with van der Waals surface area (Å²) in [4.78, 5) is 28.7. The number of thiazole rings is 1. The molecule has 0 spiro atoms. The van der Waals surface area contributed by atoms with Gasteiger partial charge in [-0.3, -0.25) is 9.59 Å². The van der Waals surface area contributed by atoms with Crippen molar-refractivity contribution in [1.29, 1.82) is 0 Å². The van der Waals surface area contributed by atoms with Gasteiger partial charge in [-0.05, 0) is 25.8 Å². The van der Waals surface area contributed by atoms with Crippen LogP contribution in [0, 0.1) is 0 Å². The molecule has 0 saturated heterocycles. The fraction of sp³-hybridized carbons (Fsp3) is 0.438. The van der Waals surface area contributed by atoms with Crippen LogP contribution in [-0.2, 0) is 6.54 Å². The average molecular weight is 332 g/mol. The molecule has 2 aromatic heterocycles. The summed E-state index contributed by atoms with van der Waals surface area (Å²) in [5.41, 5.74) is 0.529. The first-order chi connectivity index (χ1) is 11.2. The molecule has 0 radical (unpaired) electrons. The number of aromatic nitrogens is 2. The largest absolute Gasteiger partial charge is 0.359 e. The molecule has 0 unspecified atom stereocenters. The zero-order chi connectivity index (χ0) is 16.2. The van der Waals surface area contributed by atoms with E-state index in [9.17, 15) is 9.59 Å². The number of rotatable bonds is 5. The molecule has 23 heavy (non-hydrogen) atoms. The minimum absolute atomic E-state index is 0.0775.